The summed E-state index contributed by atoms with van der Waals surface area (Å²) in [5, 5.41) is 11.7. The Morgan fingerprint density at radius 1 is 1.48 bits per heavy atom. The zero-order chi connectivity index (χ0) is 15.4. The quantitative estimate of drug-likeness (QED) is 0.792. The number of aromatic nitrogens is 1. The molecule has 0 atom stereocenters. The second-order valence-electron chi connectivity index (χ2n) is 5.12. The Morgan fingerprint density at radius 3 is 2.71 bits per heavy atom. The summed E-state index contributed by atoms with van der Waals surface area (Å²) in [7, 11) is 0. The number of carboxylic acid groups (broad SMARTS) is 1. The average Bonchev–Trinajstić information content (AvgIpc) is 2.81. The molecule has 0 radical (unpaired) electrons. The second kappa shape index (κ2) is 6.62. The number of urea groups is 1. The van der Waals surface area contributed by atoms with Crippen LogP contribution in [-0.4, -0.2) is 52.8 Å². The lowest BCUT2D eigenvalue weighted by Crippen LogP contribution is -2.43. The Morgan fingerprint density at radius 2 is 2.14 bits per heavy atom. The second-order valence-corrected chi connectivity index (χ2v) is 5.12. The molecular weight excluding hydrogens is 274 g/mol. The first-order valence-electron chi connectivity index (χ1n) is 7.11. The number of amides is 2. The number of aryl methyl sites for hydroxylation is 1. The third-order valence-electron chi connectivity index (χ3n) is 3.54. The molecule has 1 saturated heterocycles. The number of hydrogen-bond donors (Lipinski definition) is 3. The monoisotopic (exact) mass is 295 g/mol. The highest BCUT2D eigenvalue weighted by Gasteiger charge is 2.24. The molecule has 21 heavy (non-hydrogen) atoms. The zero-order valence-corrected chi connectivity index (χ0v) is 12.3. The van der Waals surface area contributed by atoms with Crippen LogP contribution in [0.1, 0.15) is 35.9 Å². The first-order valence-corrected chi connectivity index (χ1v) is 7.11. The fourth-order valence-electron chi connectivity index (χ4n) is 2.51. The lowest BCUT2D eigenvalue weighted by atomic mass is 10.1. The number of ether oxygens (including phenoxy) is 1. The molecule has 7 nitrogen and oxygen atoms in total. The molecule has 1 aliphatic rings. The van der Waals surface area contributed by atoms with Gasteiger partial charge < -0.3 is 25.0 Å². The maximum atomic E-state index is 12.2. The molecule has 1 aliphatic heterocycles. The normalized spacial score (nSPS) is 16.0. The lowest BCUT2D eigenvalue weighted by molar-refractivity contribution is 0.0232. The van der Waals surface area contributed by atoms with E-state index in [0.717, 1.165) is 12.8 Å². The SMILES string of the molecule is CCOC1CCN(C(=O)Nc2cc(C)[nH]c2C(=O)O)CC1. The van der Waals surface area contributed by atoms with Crippen molar-refractivity contribution in [1.82, 2.24) is 9.88 Å². The summed E-state index contributed by atoms with van der Waals surface area (Å²) in [6.45, 7) is 5.61. The summed E-state index contributed by atoms with van der Waals surface area (Å²) in [6.07, 6.45) is 1.82. The number of carbonyl (C=O) groups excluding carboxylic acids is 1. The number of anilines is 1. The fraction of sp³-hybridized carbons (Fsp3) is 0.571. The van der Waals surface area contributed by atoms with Crippen molar-refractivity contribution in [2.24, 2.45) is 0 Å². The number of carbonyl (C=O) groups is 2. The smallest absolute Gasteiger partial charge is 0.354 e. The van der Waals surface area contributed by atoms with Crippen molar-refractivity contribution in [1.29, 1.82) is 0 Å². The minimum atomic E-state index is -1.09. The highest BCUT2D eigenvalue weighted by molar-refractivity contribution is 5.99. The van der Waals surface area contributed by atoms with E-state index < -0.39 is 5.97 Å². The van der Waals surface area contributed by atoms with E-state index >= 15 is 0 Å². The van der Waals surface area contributed by atoms with Crippen molar-refractivity contribution in [2.45, 2.75) is 32.8 Å². The van der Waals surface area contributed by atoms with E-state index in [1.165, 1.54) is 0 Å². The van der Waals surface area contributed by atoms with Gasteiger partial charge in [-0.1, -0.05) is 0 Å². The summed E-state index contributed by atoms with van der Waals surface area (Å²) in [6, 6.07) is 1.35. The molecule has 0 bridgehead atoms. The first kappa shape index (κ1) is 15.4. The largest absolute Gasteiger partial charge is 0.477 e. The van der Waals surface area contributed by atoms with Gasteiger partial charge in [-0.05, 0) is 32.8 Å². The molecule has 2 heterocycles. The minimum absolute atomic E-state index is 0.00468. The van der Waals surface area contributed by atoms with Gasteiger partial charge in [-0.25, -0.2) is 9.59 Å². The lowest BCUT2D eigenvalue weighted by Gasteiger charge is -2.31. The number of H-pyrrole nitrogens is 1. The van der Waals surface area contributed by atoms with Crippen molar-refractivity contribution in [3.8, 4) is 0 Å². The van der Waals surface area contributed by atoms with Crippen molar-refractivity contribution in [2.75, 3.05) is 25.0 Å². The summed E-state index contributed by atoms with van der Waals surface area (Å²) in [5.41, 5.74) is 1.000. The van der Waals surface area contributed by atoms with Gasteiger partial charge in [0, 0.05) is 25.4 Å². The number of aromatic amines is 1. The fourth-order valence-corrected chi connectivity index (χ4v) is 2.51. The van der Waals surface area contributed by atoms with Gasteiger partial charge in [-0.3, -0.25) is 0 Å². The number of carboxylic acids is 1. The molecule has 0 unspecified atom stereocenters. The van der Waals surface area contributed by atoms with Crippen LogP contribution in [0.3, 0.4) is 0 Å². The summed E-state index contributed by atoms with van der Waals surface area (Å²) < 4.78 is 5.54. The predicted octanol–water partition coefficient (Wildman–Crippen LogP) is 2.05. The van der Waals surface area contributed by atoms with Gasteiger partial charge in [0.05, 0.1) is 11.8 Å². The molecule has 1 fully saturated rings. The molecule has 1 aromatic heterocycles. The van der Waals surface area contributed by atoms with Gasteiger partial charge in [0.25, 0.3) is 0 Å². The van der Waals surface area contributed by atoms with E-state index in [0.29, 0.717) is 31.1 Å². The van der Waals surface area contributed by atoms with Crippen LogP contribution in [0.5, 0.6) is 0 Å². The van der Waals surface area contributed by atoms with E-state index in [1.807, 2.05) is 6.92 Å². The van der Waals surface area contributed by atoms with E-state index in [1.54, 1.807) is 17.9 Å². The Kier molecular flexibility index (Phi) is 4.85. The van der Waals surface area contributed by atoms with Gasteiger partial charge in [0.1, 0.15) is 5.69 Å². The van der Waals surface area contributed by atoms with E-state index in [-0.39, 0.29) is 17.8 Å². The van der Waals surface area contributed by atoms with Crippen LogP contribution >= 0.6 is 0 Å². The van der Waals surface area contributed by atoms with Crippen LogP contribution in [0.2, 0.25) is 0 Å². The van der Waals surface area contributed by atoms with Crippen molar-refractivity contribution in [3.05, 3.63) is 17.5 Å². The number of nitrogens with zero attached hydrogens (tertiary/aromatic N) is 1. The number of piperidine rings is 1. The molecule has 0 spiro atoms. The Hall–Kier alpha value is -2.02. The minimum Gasteiger partial charge on any atom is -0.477 e. The van der Waals surface area contributed by atoms with Crippen molar-refractivity contribution < 1.29 is 19.4 Å². The number of hydrogen-bond acceptors (Lipinski definition) is 3. The zero-order valence-electron chi connectivity index (χ0n) is 12.3. The van der Waals surface area contributed by atoms with Crippen molar-refractivity contribution >= 4 is 17.7 Å². The van der Waals surface area contributed by atoms with E-state index in [2.05, 4.69) is 10.3 Å². The average molecular weight is 295 g/mol. The van der Waals surface area contributed by atoms with Crippen LogP contribution in [0.4, 0.5) is 10.5 Å². The predicted molar refractivity (Wildman–Crippen MR) is 77.7 cm³/mol. The number of aromatic carboxylic acids is 1. The number of nitrogens with one attached hydrogen (secondary N) is 2. The standard InChI is InChI=1S/C14H21N3O4/c1-3-21-10-4-6-17(7-5-10)14(20)16-11-8-9(2)15-12(11)13(18)19/h8,10,15H,3-7H2,1-2H3,(H,16,20)(H,18,19). The summed E-state index contributed by atoms with van der Waals surface area (Å²) in [5.74, 6) is -1.09. The molecule has 1 aromatic rings. The van der Waals surface area contributed by atoms with Gasteiger partial charge in [-0.2, -0.15) is 0 Å². The van der Waals surface area contributed by atoms with Crippen LogP contribution < -0.4 is 5.32 Å². The van der Waals surface area contributed by atoms with Crippen LogP contribution in [0, 0.1) is 6.92 Å². The third-order valence-corrected chi connectivity index (χ3v) is 3.54. The Labute approximate surface area is 123 Å². The molecule has 2 amide bonds. The van der Waals surface area contributed by atoms with E-state index in [4.69, 9.17) is 9.84 Å². The number of rotatable bonds is 4. The van der Waals surface area contributed by atoms with Gasteiger partial charge >= 0.3 is 12.0 Å². The molecule has 116 valence electrons. The Bertz CT molecular complexity index is 518. The Balaban J connectivity index is 1.95. The highest BCUT2D eigenvalue weighted by atomic mass is 16.5. The summed E-state index contributed by atoms with van der Waals surface area (Å²) >= 11 is 0. The van der Waals surface area contributed by atoms with Gasteiger partial charge in [-0.15, -0.1) is 0 Å². The molecule has 7 heteroatoms. The number of likely N-dealkylation sites (tertiary alicyclic amines) is 1. The van der Waals surface area contributed by atoms with Crippen LogP contribution in [0.25, 0.3) is 0 Å². The maximum absolute atomic E-state index is 12.2. The third kappa shape index (κ3) is 3.75. The van der Waals surface area contributed by atoms with Gasteiger partial charge in [0.15, 0.2) is 0 Å². The van der Waals surface area contributed by atoms with E-state index in [9.17, 15) is 9.59 Å². The highest BCUT2D eigenvalue weighted by Crippen LogP contribution is 2.19. The molecule has 0 aliphatic carbocycles. The van der Waals surface area contributed by atoms with Crippen molar-refractivity contribution in [3.63, 3.8) is 0 Å². The molecule has 0 aromatic carbocycles. The van der Waals surface area contributed by atoms with Crippen LogP contribution in [-0.2, 0) is 4.74 Å². The summed E-state index contributed by atoms with van der Waals surface area (Å²) in [4.78, 5) is 27.7. The maximum Gasteiger partial charge on any atom is 0.354 e. The first-order chi connectivity index (χ1) is 10.0. The molecule has 3 N–H and O–H groups in total. The van der Waals surface area contributed by atoms with Gasteiger partial charge in [0.2, 0.25) is 0 Å². The molecule has 2 rings (SSSR count). The molecular formula is C14H21N3O4. The topological polar surface area (TPSA) is 94.7 Å². The molecule has 0 saturated carbocycles. The van der Waals surface area contributed by atoms with Crippen LogP contribution in [0.15, 0.2) is 6.07 Å².